The summed E-state index contributed by atoms with van der Waals surface area (Å²) in [6, 6.07) is 19.4. The fourth-order valence-corrected chi connectivity index (χ4v) is 4.86. The van der Waals surface area contributed by atoms with Crippen LogP contribution in [0.5, 0.6) is 11.5 Å². The number of methoxy groups -OCH3 is 1. The number of rotatable bonds is 12. The Morgan fingerprint density at radius 1 is 0.867 bits per heavy atom. The van der Waals surface area contributed by atoms with Gasteiger partial charge in [-0.3, -0.25) is 14.4 Å². The van der Waals surface area contributed by atoms with E-state index in [9.17, 15) is 19.2 Å². The van der Waals surface area contributed by atoms with E-state index < -0.39 is 0 Å². The Hall–Kier alpha value is -5.06. The van der Waals surface area contributed by atoms with Crippen LogP contribution in [0, 0.1) is 6.92 Å². The van der Waals surface area contributed by atoms with E-state index in [0.29, 0.717) is 55.2 Å². The van der Waals surface area contributed by atoms with E-state index in [2.05, 4.69) is 16.0 Å². The number of benzene rings is 3. The van der Waals surface area contributed by atoms with Gasteiger partial charge < -0.3 is 35.1 Å². The molecule has 4 rings (SSSR count). The number of aryl methyl sites for hydroxylation is 1. The molecule has 0 radical (unpaired) electrons. The van der Waals surface area contributed by atoms with Crippen LogP contribution in [0.2, 0.25) is 0 Å². The summed E-state index contributed by atoms with van der Waals surface area (Å²) in [6.45, 7) is 4.99. The SMILES string of the molecule is COC(=O)CCCOc1cc(NC(=O)Cc2ccc(NC(=O)Nc3ccccc3C)cc2)ccc1OC1CCN(C(C)=O)CC1. The Balaban J connectivity index is 1.34. The van der Waals surface area contributed by atoms with Crippen molar-refractivity contribution in [3.05, 3.63) is 77.9 Å². The van der Waals surface area contributed by atoms with Gasteiger partial charge in [0.1, 0.15) is 6.10 Å². The number of para-hydroxylation sites is 1. The maximum Gasteiger partial charge on any atom is 0.323 e. The van der Waals surface area contributed by atoms with Gasteiger partial charge in [-0.1, -0.05) is 30.3 Å². The Kier molecular flexibility index (Phi) is 11.8. The van der Waals surface area contributed by atoms with Gasteiger partial charge in [-0.25, -0.2) is 4.79 Å². The highest BCUT2D eigenvalue weighted by molar-refractivity contribution is 6.00. The molecule has 0 unspecified atom stereocenters. The highest BCUT2D eigenvalue weighted by Crippen LogP contribution is 2.33. The van der Waals surface area contributed by atoms with Crippen molar-refractivity contribution in [1.29, 1.82) is 0 Å². The number of carbonyl (C=O) groups is 4. The van der Waals surface area contributed by atoms with Crippen molar-refractivity contribution < 1.29 is 33.4 Å². The highest BCUT2D eigenvalue weighted by atomic mass is 16.5. The Labute approximate surface area is 263 Å². The van der Waals surface area contributed by atoms with Crippen molar-refractivity contribution in [2.24, 2.45) is 0 Å². The molecule has 0 aromatic heterocycles. The lowest BCUT2D eigenvalue weighted by Crippen LogP contribution is -2.40. The second kappa shape index (κ2) is 16.1. The second-order valence-corrected chi connectivity index (χ2v) is 10.8. The molecule has 3 aromatic carbocycles. The van der Waals surface area contributed by atoms with Crippen molar-refractivity contribution in [3.8, 4) is 11.5 Å². The molecule has 238 valence electrons. The van der Waals surface area contributed by atoms with Crippen LogP contribution in [0.3, 0.4) is 0 Å². The van der Waals surface area contributed by atoms with Gasteiger partial charge in [0.05, 0.1) is 20.1 Å². The van der Waals surface area contributed by atoms with Gasteiger partial charge in [-0.2, -0.15) is 0 Å². The number of esters is 1. The molecular formula is C34H40N4O7. The smallest absolute Gasteiger partial charge is 0.323 e. The molecule has 11 nitrogen and oxygen atoms in total. The lowest BCUT2D eigenvalue weighted by Gasteiger charge is -2.31. The molecule has 0 aliphatic carbocycles. The van der Waals surface area contributed by atoms with E-state index in [1.54, 1.807) is 54.3 Å². The first-order valence-corrected chi connectivity index (χ1v) is 15.0. The predicted octanol–water partition coefficient (Wildman–Crippen LogP) is 5.54. The predicted molar refractivity (Wildman–Crippen MR) is 172 cm³/mol. The van der Waals surface area contributed by atoms with Gasteiger partial charge in [-0.05, 0) is 54.8 Å². The van der Waals surface area contributed by atoms with Crippen molar-refractivity contribution >= 4 is 40.9 Å². The van der Waals surface area contributed by atoms with E-state index in [1.165, 1.54) is 7.11 Å². The van der Waals surface area contributed by atoms with Crippen molar-refractivity contribution in [2.45, 2.75) is 52.1 Å². The minimum Gasteiger partial charge on any atom is -0.490 e. The minimum atomic E-state index is -0.355. The zero-order valence-electron chi connectivity index (χ0n) is 25.9. The largest absolute Gasteiger partial charge is 0.490 e. The van der Waals surface area contributed by atoms with Gasteiger partial charge in [0, 0.05) is 62.4 Å². The summed E-state index contributed by atoms with van der Waals surface area (Å²) in [5.74, 6) is 0.489. The lowest BCUT2D eigenvalue weighted by molar-refractivity contribution is -0.140. The van der Waals surface area contributed by atoms with Crippen LogP contribution in [0.1, 0.15) is 43.7 Å². The first-order chi connectivity index (χ1) is 21.7. The Morgan fingerprint density at radius 3 is 2.27 bits per heavy atom. The number of nitrogens with one attached hydrogen (secondary N) is 3. The first kappa shape index (κ1) is 32.8. The molecule has 0 bridgehead atoms. The van der Waals surface area contributed by atoms with Gasteiger partial charge in [0.2, 0.25) is 11.8 Å². The third kappa shape index (κ3) is 10.3. The van der Waals surface area contributed by atoms with Crippen LogP contribution < -0.4 is 25.4 Å². The maximum absolute atomic E-state index is 12.9. The number of hydrogen-bond acceptors (Lipinski definition) is 7. The summed E-state index contributed by atoms with van der Waals surface area (Å²) in [7, 11) is 1.34. The van der Waals surface area contributed by atoms with Crippen LogP contribution in [0.15, 0.2) is 66.7 Å². The first-order valence-electron chi connectivity index (χ1n) is 15.0. The van der Waals surface area contributed by atoms with E-state index in [0.717, 1.165) is 16.8 Å². The van der Waals surface area contributed by atoms with E-state index >= 15 is 0 Å². The van der Waals surface area contributed by atoms with Crippen LogP contribution in [0.4, 0.5) is 21.9 Å². The van der Waals surface area contributed by atoms with Crippen molar-refractivity contribution in [1.82, 2.24) is 4.90 Å². The summed E-state index contributed by atoms with van der Waals surface area (Å²) >= 11 is 0. The number of hydrogen-bond donors (Lipinski definition) is 3. The summed E-state index contributed by atoms with van der Waals surface area (Å²) < 4.78 is 16.9. The monoisotopic (exact) mass is 616 g/mol. The maximum atomic E-state index is 12.9. The number of carbonyl (C=O) groups excluding carboxylic acids is 4. The molecule has 3 N–H and O–H groups in total. The van der Waals surface area contributed by atoms with Gasteiger partial charge >= 0.3 is 12.0 Å². The molecule has 1 aliphatic heterocycles. The lowest BCUT2D eigenvalue weighted by atomic mass is 10.1. The van der Waals surface area contributed by atoms with Crippen LogP contribution in [-0.4, -0.2) is 61.6 Å². The highest BCUT2D eigenvalue weighted by Gasteiger charge is 2.23. The van der Waals surface area contributed by atoms with Crippen molar-refractivity contribution in [3.63, 3.8) is 0 Å². The molecule has 1 aliphatic rings. The summed E-state index contributed by atoms with van der Waals surface area (Å²) in [5.41, 5.74) is 3.59. The fourth-order valence-electron chi connectivity index (χ4n) is 4.86. The summed E-state index contributed by atoms with van der Waals surface area (Å²) in [4.78, 5) is 50.3. The topological polar surface area (TPSA) is 135 Å². The third-order valence-electron chi connectivity index (χ3n) is 7.39. The zero-order valence-corrected chi connectivity index (χ0v) is 25.9. The number of likely N-dealkylation sites (tertiary alicyclic amines) is 1. The number of urea groups is 1. The van der Waals surface area contributed by atoms with E-state index in [4.69, 9.17) is 14.2 Å². The number of anilines is 3. The summed E-state index contributed by atoms with van der Waals surface area (Å²) in [6.07, 6.45) is 2.12. The molecule has 1 saturated heterocycles. The van der Waals surface area contributed by atoms with Gasteiger partial charge in [0.15, 0.2) is 11.5 Å². The molecular weight excluding hydrogens is 576 g/mol. The Bertz CT molecular complexity index is 1480. The average molecular weight is 617 g/mol. The number of ether oxygens (including phenoxy) is 3. The zero-order chi connectivity index (χ0) is 32.2. The third-order valence-corrected chi connectivity index (χ3v) is 7.39. The molecule has 1 heterocycles. The van der Waals surface area contributed by atoms with Crippen molar-refractivity contribution in [2.75, 3.05) is 42.8 Å². The van der Waals surface area contributed by atoms with Gasteiger partial charge in [0.25, 0.3) is 0 Å². The van der Waals surface area contributed by atoms with Gasteiger partial charge in [-0.15, -0.1) is 0 Å². The van der Waals surface area contributed by atoms with Crippen LogP contribution in [0.25, 0.3) is 0 Å². The number of nitrogens with zero attached hydrogens (tertiary/aromatic N) is 1. The van der Waals surface area contributed by atoms with Crippen LogP contribution >= 0.6 is 0 Å². The molecule has 0 atom stereocenters. The van der Waals surface area contributed by atoms with Crippen LogP contribution in [-0.2, 0) is 25.5 Å². The number of amides is 4. The normalized spacial score (nSPS) is 13.0. The second-order valence-electron chi connectivity index (χ2n) is 10.8. The molecule has 0 saturated carbocycles. The van der Waals surface area contributed by atoms with E-state index in [1.807, 2.05) is 31.2 Å². The molecule has 1 fully saturated rings. The van der Waals surface area contributed by atoms with E-state index in [-0.39, 0.29) is 49.4 Å². The molecule has 4 amide bonds. The molecule has 45 heavy (non-hydrogen) atoms. The molecule has 3 aromatic rings. The fraction of sp³-hybridized carbons (Fsp3) is 0.353. The number of piperidine rings is 1. The summed E-state index contributed by atoms with van der Waals surface area (Å²) in [5, 5.41) is 8.53. The average Bonchev–Trinajstić information content (AvgIpc) is 3.02. The molecule has 11 heteroatoms. The standard InChI is InChI=1S/C34H40N4O7/c1-23-7-4-5-8-29(23)37-34(42)36-26-12-10-25(11-13-26)21-32(40)35-27-14-15-30(31(22-27)44-20-6-9-33(41)43-3)45-28-16-18-38(19-17-28)24(2)39/h4-5,7-8,10-15,22,28H,6,9,16-21H2,1-3H3,(H,35,40)(H2,36,37,42). The Morgan fingerprint density at radius 2 is 1.58 bits per heavy atom. The molecule has 0 spiro atoms. The minimum absolute atomic E-state index is 0.0529. The quantitative estimate of drug-likeness (QED) is 0.180.